The fraction of sp³-hybridized carbons (Fsp3) is 0.158. The zero-order valence-corrected chi connectivity index (χ0v) is 13.2. The van der Waals surface area contributed by atoms with Crippen LogP contribution in [0.5, 0.6) is 0 Å². The second kappa shape index (κ2) is 3.83. The van der Waals surface area contributed by atoms with E-state index in [-0.39, 0.29) is 0 Å². The minimum Gasteiger partial charge on any atom is -0.0656 e. The maximum absolute atomic E-state index is 2.43. The predicted molar refractivity (Wildman–Crippen MR) is 93.1 cm³/mol. The quantitative estimate of drug-likeness (QED) is 0.333. The van der Waals surface area contributed by atoms with Crippen molar-refractivity contribution in [2.24, 2.45) is 0 Å². The Morgan fingerprint density at radius 2 is 1.15 bits per heavy atom. The topological polar surface area (TPSA) is 0 Å². The highest BCUT2D eigenvalue weighted by atomic mass is 28.3. The first-order valence-corrected chi connectivity index (χ1v) is 10.7. The highest BCUT2D eigenvalue weighted by Crippen LogP contribution is 2.34. The Hall–Kier alpha value is -1.86. The van der Waals surface area contributed by atoms with E-state index in [1.54, 1.807) is 5.19 Å². The van der Waals surface area contributed by atoms with Gasteiger partial charge in [-0.1, -0.05) is 79.4 Å². The van der Waals surface area contributed by atoms with E-state index in [1.807, 2.05) is 0 Å². The standard InChI is InChI=1S/C19H18Si/c1-20(2,3)17-12-10-15-8-7-13-5-4-6-14-9-11-16(17)19(15)18(13)14/h4-12H,1-3H3. The molecule has 0 nitrogen and oxygen atoms in total. The molecule has 0 unspecified atom stereocenters. The molecule has 0 spiro atoms. The molecule has 0 aliphatic rings. The van der Waals surface area contributed by atoms with Crippen LogP contribution in [0.3, 0.4) is 0 Å². The minimum absolute atomic E-state index is 1.33. The predicted octanol–water partition coefficient (Wildman–Crippen LogP) is 5.13. The van der Waals surface area contributed by atoms with E-state index in [1.165, 1.54) is 32.3 Å². The molecular formula is C19H18Si. The Kier molecular flexibility index (Phi) is 2.28. The van der Waals surface area contributed by atoms with Crippen LogP contribution in [0, 0.1) is 0 Å². The summed E-state index contributed by atoms with van der Waals surface area (Å²) >= 11 is 0. The van der Waals surface area contributed by atoms with Gasteiger partial charge in [0.05, 0.1) is 8.07 Å². The summed E-state index contributed by atoms with van der Waals surface area (Å²) in [7, 11) is -1.33. The van der Waals surface area contributed by atoms with Gasteiger partial charge in [0.15, 0.2) is 0 Å². The Balaban J connectivity index is 2.32. The van der Waals surface area contributed by atoms with E-state index < -0.39 is 8.07 Å². The number of benzene rings is 4. The van der Waals surface area contributed by atoms with Crippen molar-refractivity contribution in [1.82, 2.24) is 0 Å². The Labute approximate surface area is 120 Å². The fourth-order valence-corrected chi connectivity index (χ4v) is 4.99. The van der Waals surface area contributed by atoms with Crippen molar-refractivity contribution in [3.05, 3.63) is 54.6 Å². The van der Waals surface area contributed by atoms with Crippen molar-refractivity contribution in [2.45, 2.75) is 19.6 Å². The van der Waals surface area contributed by atoms with Gasteiger partial charge < -0.3 is 0 Å². The van der Waals surface area contributed by atoms with Gasteiger partial charge in [-0.25, -0.2) is 0 Å². The SMILES string of the molecule is C[Si](C)(C)c1ccc2ccc3cccc4ccc1c2c34. The molecule has 0 amide bonds. The molecular weight excluding hydrogens is 256 g/mol. The van der Waals surface area contributed by atoms with Gasteiger partial charge in [-0.3, -0.25) is 0 Å². The first kappa shape index (κ1) is 11.9. The summed E-state index contributed by atoms with van der Waals surface area (Å²) in [4.78, 5) is 0. The van der Waals surface area contributed by atoms with Crippen molar-refractivity contribution in [3.63, 3.8) is 0 Å². The molecule has 0 N–H and O–H groups in total. The molecule has 0 saturated heterocycles. The molecule has 98 valence electrons. The first-order valence-electron chi connectivity index (χ1n) is 7.23. The lowest BCUT2D eigenvalue weighted by Gasteiger charge is -2.21. The van der Waals surface area contributed by atoms with E-state index >= 15 is 0 Å². The average molecular weight is 274 g/mol. The third kappa shape index (κ3) is 1.53. The molecule has 0 fully saturated rings. The number of hydrogen-bond acceptors (Lipinski definition) is 0. The summed E-state index contributed by atoms with van der Waals surface area (Å²) in [5, 5.41) is 10.0. The van der Waals surface area contributed by atoms with Gasteiger partial charge >= 0.3 is 0 Å². The van der Waals surface area contributed by atoms with E-state index in [0.717, 1.165) is 0 Å². The van der Waals surface area contributed by atoms with E-state index in [9.17, 15) is 0 Å². The molecule has 0 saturated carbocycles. The van der Waals surface area contributed by atoms with Crippen LogP contribution in [0.25, 0.3) is 32.3 Å². The third-order valence-electron chi connectivity index (χ3n) is 4.34. The molecule has 1 heteroatoms. The molecule has 4 aromatic carbocycles. The van der Waals surface area contributed by atoms with Crippen LogP contribution in [0.15, 0.2) is 54.6 Å². The van der Waals surface area contributed by atoms with Crippen LogP contribution >= 0.6 is 0 Å². The molecule has 0 aliphatic heterocycles. The van der Waals surface area contributed by atoms with Crippen molar-refractivity contribution in [1.29, 1.82) is 0 Å². The molecule has 0 heterocycles. The normalized spacial score (nSPS) is 12.8. The maximum Gasteiger partial charge on any atom is 0.0784 e. The molecule has 4 aromatic rings. The first-order chi connectivity index (χ1) is 9.55. The van der Waals surface area contributed by atoms with Crippen LogP contribution < -0.4 is 5.19 Å². The van der Waals surface area contributed by atoms with Gasteiger partial charge in [-0.2, -0.15) is 0 Å². The summed E-state index contributed by atoms with van der Waals surface area (Å²) in [6.45, 7) is 7.29. The minimum atomic E-state index is -1.33. The van der Waals surface area contributed by atoms with Crippen LogP contribution in [-0.2, 0) is 0 Å². The summed E-state index contributed by atoms with van der Waals surface area (Å²) in [5.74, 6) is 0. The lowest BCUT2D eigenvalue weighted by molar-refractivity contribution is 1.73. The van der Waals surface area contributed by atoms with Gasteiger partial charge in [0.1, 0.15) is 0 Å². The van der Waals surface area contributed by atoms with Gasteiger partial charge in [0.2, 0.25) is 0 Å². The lowest BCUT2D eigenvalue weighted by Crippen LogP contribution is -2.38. The monoisotopic (exact) mass is 274 g/mol. The van der Waals surface area contributed by atoms with E-state index in [2.05, 4.69) is 74.2 Å². The van der Waals surface area contributed by atoms with Crippen LogP contribution in [-0.4, -0.2) is 8.07 Å². The second-order valence-corrected chi connectivity index (χ2v) is 11.8. The highest BCUT2D eigenvalue weighted by Gasteiger charge is 2.20. The Bertz CT molecular complexity index is 913. The van der Waals surface area contributed by atoms with Gasteiger partial charge in [0, 0.05) is 0 Å². The zero-order chi connectivity index (χ0) is 13.9. The molecule has 0 aromatic heterocycles. The zero-order valence-electron chi connectivity index (χ0n) is 12.2. The highest BCUT2D eigenvalue weighted by molar-refractivity contribution is 6.90. The molecule has 4 rings (SSSR count). The Morgan fingerprint density at radius 3 is 1.80 bits per heavy atom. The number of rotatable bonds is 1. The molecule has 0 radical (unpaired) electrons. The van der Waals surface area contributed by atoms with Crippen molar-refractivity contribution in [2.75, 3.05) is 0 Å². The van der Waals surface area contributed by atoms with Gasteiger partial charge in [-0.15, -0.1) is 0 Å². The van der Waals surface area contributed by atoms with Crippen LogP contribution in [0.4, 0.5) is 0 Å². The summed E-state index contributed by atoms with van der Waals surface area (Å²) in [6, 6.07) is 20.4. The molecule has 0 bridgehead atoms. The summed E-state index contributed by atoms with van der Waals surface area (Å²) in [6.07, 6.45) is 0. The van der Waals surface area contributed by atoms with Crippen LogP contribution in [0.2, 0.25) is 19.6 Å². The summed E-state index contributed by atoms with van der Waals surface area (Å²) < 4.78 is 0. The van der Waals surface area contributed by atoms with Gasteiger partial charge in [0.25, 0.3) is 0 Å². The second-order valence-electron chi connectivity index (χ2n) is 6.72. The maximum atomic E-state index is 2.43. The fourth-order valence-electron chi connectivity index (χ4n) is 3.39. The third-order valence-corrected chi connectivity index (χ3v) is 6.39. The Morgan fingerprint density at radius 1 is 0.600 bits per heavy atom. The summed E-state index contributed by atoms with van der Waals surface area (Å²) in [5.41, 5.74) is 0. The van der Waals surface area contributed by atoms with Gasteiger partial charge in [-0.05, 0) is 32.3 Å². The smallest absolute Gasteiger partial charge is 0.0656 e. The van der Waals surface area contributed by atoms with E-state index in [4.69, 9.17) is 0 Å². The molecule has 0 aliphatic carbocycles. The largest absolute Gasteiger partial charge is 0.0784 e. The lowest BCUT2D eigenvalue weighted by atomic mass is 9.94. The van der Waals surface area contributed by atoms with Crippen molar-refractivity contribution < 1.29 is 0 Å². The molecule has 0 atom stereocenters. The van der Waals surface area contributed by atoms with Crippen molar-refractivity contribution in [3.8, 4) is 0 Å². The van der Waals surface area contributed by atoms with E-state index in [0.29, 0.717) is 0 Å². The average Bonchev–Trinajstić information content (AvgIpc) is 2.43. The number of hydrogen-bond donors (Lipinski definition) is 0. The van der Waals surface area contributed by atoms with Crippen LogP contribution in [0.1, 0.15) is 0 Å². The molecule has 20 heavy (non-hydrogen) atoms. The van der Waals surface area contributed by atoms with Crippen molar-refractivity contribution >= 4 is 45.6 Å².